The van der Waals surface area contributed by atoms with Crippen LogP contribution >= 0.6 is 0 Å². The van der Waals surface area contributed by atoms with Crippen LogP contribution < -0.4 is 31.9 Å². The van der Waals surface area contributed by atoms with Gasteiger partial charge in [-0.3, -0.25) is 23.6 Å². The molecular weight excluding hydrogens is 662 g/mol. The van der Waals surface area contributed by atoms with Gasteiger partial charge in [-0.25, -0.2) is 14.6 Å². The van der Waals surface area contributed by atoms with Crippen LogP contribution in [0.25, 0.3) is 22.4 Å². The third-order valence-corrected chi connectivity index (χ3v) is 11.0. The molecule has 0 unspecified atom stereocenters. The molecule has 0 radical (unpaired) electrons. The zero-order valence-corrected chi connectivity index (χ0v) is 30.2. The fraction of sp³-hybridized carbons (Fsp3) is 0.410. The van der Waals surface area contributed by atoms with E-state index >= 15 is 0 Å². The number of likely N-dealkylation sites (tertiary alicyclic amines) is 1. The Hall–Kier alpha value is -5.27. The van der Waals surface area contributed by atoms with Gasteiger partial charge in [-0.05, 0) is 86.4 Å². The number of fused-ring (bicyclic) bond motifs is 1. The lowest BCUT2D eigenvalue weighted by Crippen LogP contribution is -2.59. The zero-order chi connectivity index (χ0) is 36.9. The SMILES string of the molecule is COc1nc(-c2cccc(-c3cccc(NC(=O)c4cn(C[C@@H](C)O)c(=O)n(C)c4=O)c3C)c2C)cc2c1[C@@H](N1CC[C@@]3(CCNC(=O)N3)C1)CC2. The number of anilines is 1. The Morgan fingerprint density at radius 3 is 2.56 bits per heavy atom. The molecule has 3 atom stereocenters. The molecule has 7 rings (SSSR count). The summed E-state index contributed by atoms with van der Waals surface area (Å²) in [5.41, 5.74) is 6.65. The lowest BCUT2D eigenvalue weighted by molar-refractivity contribution is 0.102. The van der Waals surface area contributed by atoms with Crippen molar-refractivity contribution in [2.45, 2.75) is 70.7 Å². The van der Waals surface area contributed by atoms with Gasteiger partial charge in [-0.15, -0.1) is 0 Å². The van der Waals surface area contributed by atoms with Crippen LogP contribution in [0.1, 0.15) is 64.8 Å². The Labute approximate surface area is 301 Å². The maximum atomic E-state index is 13.5. The predicted molar refractivity (Wildman–Crippen MR) is 198 cm³/mol. The van der Waals surface area contributed by atoms with Crippen LogP contribution in [0.2, 0.25) is 0 Å². The molecule has 1 spiro atoms. The highest BCUT2D eigenvalue weighted by molar-refractivity contribution is 6.04. The number of benzene rings is 2. The van der Waals surface area contributed by atoms with E-state index in [-0.39, 0.29) is 29.7 Å². The highest BCUT2D eigenvalue weighted by Gasteiger charge is 2.45. The number of urea groups is 1. The van der Waals surface area contributed by atoms with Crippen molar-refractivity contribution in [3.05, 3.63) is 97.3 Å². The zero-order valence-electron chi connectivity index (χ0n) is 30.2. The van der Waals surface area contributed by atoms with E-state index in [1.165, 1.54) is 30.3 Å². The monoisotopic (exact) mass is 707 g/mol. The van der Waals surface area contributed by atoms with Crippen molar-refractivity contribution in [1.82, 2.24) is 29.7 Å². The third kappa shape index (κ3) is 6.28. The number of aromatic nitrogens is 3. The number of pyridine rings is 1. The number of aliphatic hydroxyl groups is 1. The van der Waals surface area contributed by atoms with Gasteiger partial charge in [-0.2, -0.15) is 0 Å². The molecule has 4 N–H and O–H groups in total. The van der Waals surface area contributed by atoms with E-state index in [4.69, 9.17) is 9.72 Å². The Morgan fingerprint density at radius 1 is 1.10 bits per heavy atom. The minimum atomic E-state index is -0.845. The Bertz CT molecular complexity index is 2210. The summed E-state index contributed by atoms with van der Waals surface area (Å²) in [6.45, 7) is 7.85. The van der Waals surface area contributed by atoms with Crippen LogP contribution in [-0.2, 0) is 20.0 Å². The minimum absolute atomic E-state index is 0.0546. The summed E-state index contributed by atoms with van der Waals surface area (Å²) in [4.78, 5) is 58.6. The number of hydrogen-bond donors (Lipinski definition) is 4. The first kappa shape index (κ1) is 35.1. The van der Waals surface area contributed by atoms with E-state index in [2.05, 4.69) is 39.9 Å². The van der Waals surface area contributed by atoms with E-state index in [1.54, 1.807) is 13.2 Å². The molecule has 0 bridgehead atoms. The highest BCUT2D eigenvalue weighted by atomic mass is 16.5. The summed E-state index contributed by atoms with van der Waals surface area (Å²) in [6.07, 6.45) is 4.06. The summed E-state index contributed by atoms with van der Waals surface area (Å²) in [7, 11) is 2.98. The van der Waals surface area contributed by atoms with Crippen LogP contribution in [-0.4, -0.2) is 74.4 Å². The highest BCUT2D eigenvalue weighted by Crippen LogP contribution is 2.46. The minimum Gasteiger partial charge on any atom is -0.481 e. The van der Waals surface area contributed by atoms with Crippen molar-refractivity contribution in [3.8, 4) is 28.3 Å². The van der Waals surface area contributed by atoms with Crippen molar-refractivity contribution < 1.29 is 19.4 Å². The second-order valence-electron chi connectivity index (χ2n) is 14.4. The molecular formula is C39H45N7O6. The molecule has 4 aromatic rings. The summed E-state index contributed by atoms with van der Waals surface area (Å²) in [5.74, 6) is -0.0232. The molecule has 2 aromatic carbocycles. The van der Waals surface area contributed by atoms with Gasteiger partial charge >= 0.3 is 11.7 Å². The number of rotatable bonds is 8. The van der Waals surface area contributed by atoms with Gasteiger partial charge in [0.25, 0.3) is 11.5 Å². The molecule has 3 amide bonds. The van der Waals surface area contributed by atoms with Crippen molar-refractivity contribution in [3.63, 3.8) is 0 Å². The van der Waals surface area contributed by atoms with Gasteiger partial charge in [0, 0.05) is 55.7 Å². The summed E-state index contributed by atoms with van der Waals surface area (Å²) >= 11 is 0. The molecule has 52 heavy (non-hydrogen) atoms. The molecule has 2 aliphatic heterocycles. The van der Waals surface area contributed by atoms with E-state index in [0.29, 0.717) is 18.1 Å². The summed E-state index contributed by atoms with van der Waals surface area (Å²) in [6, 6.07) is 14.0. The smallest absolute Gasteiger partial charge is 0.330 e. The van der Waals surface area contributed by atoms with Crippen molar-refractivity contribution in [2.24, 2.45) is 7.05 Å². The van der Waals surface area contributed by atoms with Crippen LogP contribution in [0.3, 0.4) is 0 Å². The van der Waals surface area contributed by atoms with Gasteiger partial charge in [0.1, 0.15) is 5.56 Å². The number of nitrogens with one attached hydrogen (secondary N) is 3. The number of nitrogens with zero attached hydrogens (tertiary/aromatic N) is 4. The van der Waals surface area contributed by atoms with Crippen LogP contribution in [0.5, 0.6) is 5.88 Å². The maximum absolute atomic E-state index is 13.5. The molecule has 2 fully saturated rings. The predicted octanol–water partition coefficient (Wildman–Crippen LogP) is 3.67. The van der Waals surface area contributed by atoms with E-state index in [9.17, 15) is 24.3 Å². The number of hydrogen-bond acceptors (Lipinski definition) is 8. The van der Waals surface area contributed by atoms with Crippen molar-refractivity contribution in [1.29, 1.82) is 0 Å². The summed E-state index contributed by atoms with van der Waals surface area (Å²) in [5, 5.41) is 18.8. The molecule has 13 nitrogen and oxygen atoms in total. The number of aliphatic hydroxyl groups excluding tert-OH is 1. The van der Waals surface area contributed by atoms with Crippen molar-refractivity contribution >= 4 is 17.6 Å². The average Bonchev–Trinajstić information content (AvgIpc) is 3.73. The second kappa shape index (κ2) is 13.7. The van der Waals surface area contributed by atoms with Gasteiger partial charge < -0.3 is 25.8 Å². The molecule has 272 valence electrons. The lowest BCUT2D eigenvalue weighted by atomic mass is 9.91. The Morgan fingerprint density at radius 2 is 1.83 bits per heavy atom. The number of carbonyl (C=O) groups excluding carboxylic acids is 2. The quantitative estimate of drug-likeness (QED) is 0.216. The average molecular weight is 708 g/mol. The molecule has 2 aromatic heterocycles. The Kier molecular flexibility index (Phi) is 9.26. The number of amides is 3. The molecule has 0 saturated carbocycles. The van der Waals surface area contributed by atoms with Gasteiger partial charge in [0.2, 0.25) is 5.88 Å². The standard InChI is InChI=1S/C39H45N7O6/c1-22(47)19-46-20-29(36(49)44(4)38(46)51)34(48)41-30-11-7-9-27(24(30)3)26-8-6-10-28(23(26)2)31-18-25-12-13-32(33(25)35(42-31)52-5)45-17-15-39(21-45)14-16-40-37(50)43-39/h6-11,18,20,22,32,47H,12-17,19,21H2,1-5H3,(H,41,48)(H2,40,43,50)/t22-,32+,39+/m1/s1. The molecule has 3 aliphatic rings. The Balaban J connectivity index is 1.17. The normalized spacial score (nSPS) is 20.3. The first-order valence-electron chi connectivity index (χ1n) is 17.8. The number of ether oxygens (including phenoxy) is 1. The van der Waals surface area contributed by atoms with Crippen molar-refractivity contribution in [2.75, 3.05) is 32.1 Å². The summed E-state index contributed by atoms with van der Waals surface area (Å²) < 4.78 is 8.00. The lowest BCUT2D eigenvalue weighted by Gasteiger charge is -2.36. The second-order valence-corrected chi connectivity index (χ2v) is 14.4. The first-order valence-corrected chi connectivity index (χ1v) is 17.8. The number of carbonyl (C=O) groups is 2. The van der Waals surface area contributed by atoms with E-state index < -0.39 is 23.3 Å². The number of aryl methyl sites for hydroxylation is 1. The van der Waals surface area contributed by atoms with Gasteiger partial charge in [0.05, 0.1) is 31.0 Å². The molecule has 1 aliphatic carbocycles. The van der Waals surface area contributed by atoms with E-state index in [1.807, 2.05) is 31.2 Å². The fourth-order valence-corrected chi connectivity index (χ4v) is 8.24. The maximum Gasteiger partial charge on any atom is 0.330 e. The molecule has 4 heterocycles. The fourth-order valence-electron chi connectivity index (χ4n) is 8.24. The van der Waals surface area contributed by atoms with Gasteiger partial charge in [-0.1, -0.05) is 30.3 Å². The van der Waals surface area contributed by atoms with Gasteiger partial charge in [0.15, 0.2) is 0 Å². The van der Waals surface area contributed by atoms with E-state index in [0.717, 1.165) is 82.4 Å². The first-order chi connectivity index (χ1) is 24.9. The van der Waals surface area contributed by atoms with Crippen LogP contribution in [0.15, 0.2) is 58.3 Å². The molecule has 13 heteroatoms. The van der Waals surface area contributed by atoms with Crippen LogP contribution in [0.4, 0.5) is 10.5 Å². The number of methoxy groups -OCH3 is 1. The molecule has 2 saturated heterocycles. The van der Waals surface area contributed by atoms with Crippen LogP contribution in [0, 0.1) is 13.8 Å². The topological polar surface area (TPSA) is 160 Å². The third-order valence-electron chi connectivity index (χ3n) is 11.0. The largest absolute Gasteiger partial charge is 0.481 e.